The first kappa shape index (κ1) is 42.8. The molecule has 0 rings (SSSR count). The van der Waals surface area contributed by atoms with E-state index in [9.17, 15) is 19.8 Å². The number of hydrogen-bond donors (Lipinski definition) is 2. The van der Waals surface area contributed by atoms with Crippen molar-refractivity contribution in [1.29, 1.82) is 0 Å². The Kier molecular flexibility index (Phi) is 33.0. The van der Waals surface area contributed by atoms with Crippen molar-refractivity contribution in [3.63, 3.8) is 0 Å². The summed E-state index contributed by atoms with van der Waals surface area (Å²) in [5, 5.41) is 19.0. The van der Waals surface area contributed by atoms with Gasteiger partial charge in [-0.3, -0.25) is 9.59 Å². The minimum Gasteiger partial charge on any atom is -0.462 e. The van der Waals surface area contributed by atoms with Crippen molar-refractivity contribution in [1.82, 2.24) is 0 Å². The Bertz CT molecular complexity index is 784. The third-order valence-corrected chi connectivity index (χ3v) is 7.79. The van der Waals surface area contributed by atoms with Gasteiger partial charge in [-0.2, -0.15) is 0 Å². The van der Waals surface area contributed by atoms with Crippen LogP contribution in [0.1, 0.15) is 162 Å². The number of hydrogen-bond acceptors (Lipinski definition) is 6. The van der Waals surface area contributed by atoms with Crippen molar-refractivity contribution < 1.29 is 29.3 Å². The molecule has 2 N–H and O–H groups in total. The summed E-state index contributed by atoms with van der Waals surface area (Å²) in [6, 6.07) is 0. The van der Waals surface area contributed by atoms with Crippen molar-refractivity contribution >= 4 is 11.9 Å². The van der Waals surface area contributed by atoms with Crippen LogP contribution in [0.25, 0.3) is 0 Å². The quantitative estimate of drug-likeness (QED) is 0.0435. The molecule has 0 spiro atoms. The molecular weight excluding hydrogens is 564 g/mol. The smallest absolute Gasteiger partial charge is 0.306 e. The summed E-state index contributed by atoms with van der Waals surface area (Å²) in [7, 11) is 0. The van der Waals surface area contributed by atoms with E-state index in [1.165, 1.54) is 64.2 Å². The number of aliphatic hydroxyl groups excluding tert-OH is 2. The van der Waals surface area contributed by atoms with Gasteiger partial charge in [-0.15, -0.1) is 0 Å². The lowest BCUT2D eigenvalue weighted by Crippen LogP contribution is -2.28. The van der Waals surface area contributed by atoms with Crippen LogP contribution in [0, 0.1) is 0 Å². The summed E-state index contributed by atoms with van der Waals surface area (Å²) >= 11 is 0. The van der Waals surface area contributed by atoms with Gasteiger partial charge in [0.2, 0.25) is 0 Å². The lowest BCUT2D eigenvalue weighted by atomic mass is 10.0. The van der Waals surface area contributed by atoms with Crippen molar-refractivity contribution in [2.45, 2.75) is 174 Å². The van der Waals surface area contributed by atoms with Crippen LogP contribution in [0.5, 0.6) is 0 Å². The van der Waals surface area contributed by atoms with Crippen molar-refractivity contribution in [3.05, 3.63) is 48.6 Å². The van der Waals surface area contributed by atoms with E-state index in [4.69, 9.17) is 9.47 Å². The Morgan fingerprint density at radius 3 is 1.58 bits per heavy atom. The van der Waals surface area contributed by atoms with Gasteiger partial charge in [-0.1, -0.05) is 140 Å². The van der Waals surface area contributed by atoms with Crippen LogP contribution in [-0.4, -0.2) is 47.6 Å². The van der Waals surface area contributed by atoms with Gasteiger partial charge < -0.3 is 19.7 Å². The zero-order chi connectivity index (χ0) is 33.1. The number of allylic oxidation sites excluding steroid dienone is 8. The van der Waals surface area contributed by atoms with Crippen LogP contribution >= 0.6 is 0 Å². The summed E-state index contributed by atoms with van der Waals surface area (Å²) in [6.07, 6.45) is 39.7. The third-order valence-electron chi connectivity index (χ3n) is 7.79. The number of esters is 2. The van der Waals surface area contributed by atoms with E-state index in [0.29, 0.717) is 19.3 Å². The van der Waals surface area contributed by atoms with E-state index >= 15 is 0 Å². The Labute approximate surface area is 276 Å². The Hall–Kier alpha value is -2.18. The predicted molar refractivity (Wildman–Crippen MR) is 188 cm³/mol. The van der Waals surface area contributed by atoms with Crippen molar-refractivity contribution in [2.75, 3.05) is 13.2 Å². The second kappa shape index (κ2) is 34.7. The summed E-state index contributed by atoms with van der Waals surface area (Å²) in [5.41, 5.74) is 0. The van der Waals surface area contributed by atoms with Gasteiger partial charge >= 0.3 is 11.9 Å². The molecule has 6 nitrogen and oxygen atoms in total. The first-order valence-electron chi connectivity index (χ1n) is 18.3. The Morgan fingerprint density at radius 1 is 0.600 bits per heavy atom. The summed E-state index contributed by atoms with van der Waals surface area (Å²) in [5.74, 6) is -0.676. The van der Waals surface area contributed by atoms with Crippen LogP contribution in [0.3, 0.4) is 0 Å². The zero-order valence-electron chi connectivity index (χ0n) is 29.0. The maximum atomic E-state index is 12.1. The van der Waals surface area contributed by atoms with Crippen molar-refractivity contribution in [2.24, 2.45) is 0 Å². The average molecular weight is 633 g/mol. The molecule has 0 amide bonds. The van der Waals surface area contributed by atoms with Crippen LogP contribution in [0.4, 0.5) is 0 Å². The standard InChI is InChI=1S/C39H68O6/c1-3-5-6-7-8-9-10-13-18-21-24-27-30-33-39(43)45-37(34-40)35-44-38(42)32-29-26-23-20-17-15-12-11-14-16-19-22-25-28-31-36(41)4-2/h12,14-16,20,22-23,25,36-37,40-41H,3-11,13,17-19,21,24,26-35H2,1-2H3/b15-12-,16-14-,23-20-,25-22-/t36-,37-/m0/s1. The Balaban J connectivity index is 3.70. The number of unbranched alkanes of at least 4 members (excludes halogenated alkanes) is 13. The van der Waals surface area contributed by atoms with Gasteiger partial charge in [0, 0.05) is 12.8 Å². The van der Waals surface area contributed by atoms with Gasteiger partial charge in [0.25, 0.3) is 0 Å². The van der Waals surface area contributed by atoms with Crippen LogP contribution in [0.2, 0.25) is 0 Å². The van der Waals surface area contributed by atoms with E-state index in [1.54, 1.807) is 0 Å². The monoisotopic (exact) mass is 633 g/mol. The molecule has 0 aliphatic rings. The number of carbonyl (C=O) groups excluding carboxylic acids is 2. The van der Waals surface area contributed by atoms with E-state index < -0.39 is 6.10 Å². The predicted octanol–water partition coefficient (Wildman–Crippen LogP) is 10.0. The highest BCUT2D eigenvalue weighted by molar-refractivity contribution is 5.70. The highest BCUT2D eigenvalue weighted by Gasteiger charge is 2.16. The minimum absolute atomic E-state index is 0.103. The molecule has 0 aromatic rings. The lowest BCUT2D eigenvalue weighted by molar-refractivity contribution is -0.161. The van der Waals surface area contributed by atoms with Gasteiger partial charge in [-0.05, 0) is 57.8 Å². The van der Waals surface area contributed by atoms with E-state index in [1.807, 2.05) is 6.92 Å². The van der Waals surface area contributed by atoms with Gasteiger partial charge in [0.05, 0.1) is 12.7 Å². The molecule has 2 atom stereocenters. The number of ether oxygens (including phenoxy) is 2. The molecular formula is C39H68O6. The maximum absolute atomic E-state index is 12.1. The summed E-state index contributed by atoms with van der Waals surface area (Å²) in [4.78, 5) is 24.1. The van der Waals surface area contributed by atoms with Gasteiger partial charge in [-0.25, -0.2) is 0 Å². The molecule has 0 heterocycles. The van der Waals surface area contributed by atoms with Gasteiger partial charge in [0.1, 0.15) is 6.61 Å². The SMILES string of the molecule is CCCCCCCCCCCCCCCC(=O)O[C@@H](CO)COC(=O)CCC/C=C\C/C=C\C/C=C\C/C=C\CC[C@@H](O)CC. The molecule has 0 aliphatic heterocycles. The fourth-order valence-electron chi connectivity index (χ4n) is 4.82. The topological polar surface area (TPSA) is 93.1 Å². The summed E-state index contributed by atoms with van der Waals surface area (Å²) in [6.45, 7) is 3.80. The zero-order valence-corrected chi connectivity index (χ0v) is 29.0. The van der Waals surface area contributed by atoms with Gasteiger partial charge in [0.15, 0.2) is 6.10 Å². The molecule has 0 aliphatic carbocycles. The van der Waals surface area contributed by atoms with E-state index in [-0.39, 0.29) is 31.3 Å². The second-order valence-electron chi connectivity index (χ2n) is 12.1. The molecule has 6 heteroatoms. The normalized spacial score (nSPS) is 13.4. The van der Waals surface area contributed by atoms with Crippen molar-refractivity contribution in [3.8, 4) is 0 Å². The third kappa shape index (κ3) is 33.0. The number of carbonyl (C=O) groups is 2. The minimum atomic E-state index is -0.799. The van der Waals surface area contributed by atoms with E-state index in [2.05, 4.69) is 55.5 Å². The highest BCUT2D eigenvalue weighted by atomic mass is 16.6. The first-order chi connectivity index (χ1) is 22.0. The lowest BCUT2D eigenvalue weighted by Gasteiger charge is -2.15. The molecule has 0 saturated heterocycles. The number of aliphatic hydroxyl groups is 2. The molecule has 0 bridgehead atoms. The molecule has 0 saturated carbocycles. The van der Waals surface area contributed by atoms with Crippen LogP contribution in [0.15, 0.2) is 48.6 Å². The second-order valence-corrected chi connectivity index (χ2v) is 12.1. The maximum Gasteiger partial charge on any atom is 0.306 e. The molecule has 0 radical (unpaired) electrons. The molecule has 0 aromatic carbocycles. The highest BCUT2D eigenvalue weighted by Crippen LogP contribution is 2.13. The molecule has 260 valence electrons. The first-order valence-corrected chi connectivity index (χ1v) is 18.3. The Morgan fingerprint density at radius 2 is 1.07 bits per heavy atom. The summed E-state index contributed by atoms with van der Waals surface area (Å²) < 4.78 is 10.5. The fraction of sp³-hybridized carbons (Fsp3) is 0.744. The van der Waals surface area contributed by atoms with Crippen LogP contribution < -0.4 is 0 Å². The molecule has 0 aromatic heterocycles. The average Bonchev–Trinajstić information content (AvgIpc) is 3.04. The largest absolute Gasteiger partial charge is 0.462 e. The molecule has 0 unspecified atom stereocenters. The van der Waals surface area contributed by atoms with E-state index in [0.717, 1.165) is 64.2 Å². The fourth-order valence-corrected chi connectivity index (χ4v) is 4.82. The number of rotatable bonds is 32. The van der Waals surface area contributed by atoms with Crippen LogP contribution in [-0.2, 0) is 19.1 Å². The molecule has 0 fully saturated rings. The molecule has 45 heavy (non-hydrogen) atoms.